The number of esters is 1. The van der Waals surface area contributed by atoms with E-state index in [4.69, 9.17) is 0 Å². The van der Waals surface area contributed by atoms with Gasteiger partial charge in [0.25, 0.3) is 0 Å². The van der Waals surface area contributed by atoms with Gasteiger partial charge in [0.2, 0.25) is 0 Å². The van der Waals surface area contributed by atoms with Crippen LogP contribution in [-0.2, 0) is 11.3 Å². The third-order valence-corrected chi connectivity index (χ3v) is 2.85. The van der Waals surface area contributed by atoms with Crippen LogP contribution in [0.15, 0.2) is 42.5 Å². The molecule has 0 spiro atoms. The van der Waals surface area contributed by atoms with Gasteiger partial charge in [-0.3, -0.25) is 0 Å². The molecule has 5 heteroatoms. The Morgan fingerprint density at radius 1 is 1.30 bits per heavy atom. The van der Waals surface area contributed by atoms with Crippen LogP contribution in [0.3, 0.4) is 0 Å². The summed E-state index contributed by atoms with van der Waals surface area (Å²) in [5.41, 5.74) is 1.06. The first-order valence-electron chi connectivity index (χ1n) is 6.00. The normalized spacial score (nSPS) is 10.1. The summed E-state index contributed by atoms with van der Waals surface area (Å²) in [4.78, 5) is 11.3. The van der Waals surface area contributed by atoms with Gasteiger partial charge in [-0.05, 0) is 24.3 Å². The number of carbonyl (C=O) groups excluding carboxylic acids is 1. The molecule has 0 fully saturated rings. The second-order valence-corrected chi connectivity index (χ2v) is 4.17. The summed E-state index contributed by atoms with van der Waals surface area (Å²) < 4.78 is 18.3. The van der Waals surface area contributed by atoms with Gasteiger partial charge in [-0.1, -0.05) is 18.2 Å². The fourth-order valence-electron chi connectivity index (χ4n) is 1.75. The van der Waals surface area contributed by atoms with Gasteiger partial charge < -0.3 is 15.2 Å². The first-order valence-corrected chi connectivity index (χ1v) is 6.00. The van der Waals surface area contributed by atoms with E-state index in [-0.39, 0.29) is 23.5 Å². The quantitative estimate of drug-likeness (QED) is 0.842. The summed E-state index contributed by atoms with van der Waals surface area (Å²) in [7, 11) is 1.24. The lowest BCUT2D eigenvalue weighted by Crippen LogP contribution is -2.05. The van der Waals surface area contributed by atoms with Crippen molar-refractivity contribution >= 4 is 11.7 Å². The number of carbonyl (C=O) groups is 1. The van der Waals surface area contributed by atoms with Crippen LogP contribution in [0.25, 0.3) is 0 Å². The molecule has 0 saturated carbocycles. The highest BCUT2D eigenvalue weighted by atomic mass is 19.1. The topological polar surface area (TPSA) is 58.6 Å². The second kappa shape index (κ2) is 6.06. The minimum atomic E-state index is -0.587. The van der Waals surface area contributed by atoms with Crippen molar-refractivity contribution in [1.29, 1.82) is 0 Å². The molecule has 0 amide bonds. The third kappa shape index (κ3) is 3.06. The Morgan fingerprint density at radius 3 is 2.70 bits per heavy atom. The molecule has 20 heavy (non-hydrogen) atoms. The van der Waals surface area contributed by atoms with Crippen LogP contribution < -0.4 is 5.32 Å². The molecule has 104 valence electrons. The molecular formula is C15H14FNO3. The maximum absolute atomic E-state index is 13.8. The van der Waals surface area contributed by atoms with Crippen molar-refractivity contribution in [3.8, 4) is 5.75 Å². The number of rotatable bonds is 4. The maximum atomic E-state index is 13.8. The number of phenols is 1. The number of hydrogen-bond donors (Lipinski definition) is 2. The van der Waals surface area contributed by atoms with E-state index in [1.807, 2.05) is 0 Å². The zero-order valence-electron chi connectivity index (χ0n) is 10.9. The first kappa shape index (κ1) is 13.9. The van der Waals surface area contributed by atoms with E-state index in [2.05, 4.69) is 10.1 Å². The molecule has 0 unspecified atom stereocenters. The van der Waals surface area contributed by atoms with E-state index in [1.165, 1.54) is 19.2 Å². The number of para-hydroxylation sites is 1. The van der Waals surface area contributed by atoms with Crippen molar-refractivity contribution in [2.24, 2.45) is 0 Å². The number of nitrogens with one attached hydrogen (secondary N) is 1. The summed E-state index contributed by atoms with van der Waals surface area (Å²) in [5, 5.41) is 12.5. The Labute approximate surface area is 115 Å². The van der Waals surface area contributed by atoms with E-state index in [0.29, 0.717) is 5.56 Å². The van der Waals surface area contributed by atoms with Gasteiger partial charge >= 0.3 is 5.97 Å². The molecule has 2 aromatic rings. The van der Waals surface area contributed by atoms with Crippen molar-refractivity contribution in [3.05, 3.63) is 59.4 Å². The molecule has 0 aliphatic carbocycles. The predicted molar refractivity (Wildman–Crippen MR) is 73.2 cm³/mol. The molecule has 0 bridgehead atoms. The van der Waals surface area contributed by atoms with Gasteiger partial charge in [0.05, 0.1) is 18.4 Å². The highest BCUT2D eigenvalue weighted by Crippen LogP contribution is 2.20. The van der Waals surface area contributed by atoms with Gasteiger partial charge in [-0.2, -0.15) is 0 Å². The largest absolute Gasteiger partial charge is 0.508 e. The average molecular weight is 275 g/mol. The van der Waals surface area contributed by atoms with E-state index in [9.17, 15) is 14.3 Å². The number of aromatic hydroxyl groups is 1. The lowest BCUT2D eigenvalue weighted by molar-refractivity contribution is 0.0600. The fraction of sp³-hybridized carbons (Fsp3) is 0.133. The van der Waals surface area contributed by atoms with Gasteiger partial charge in [0.15, 0.2) is 0 Å². The number of halogens is 1. The van der Waals surface area contributed by atoms with E-state index in [1.54, 1.807) is 24.3 Å². The molecule has 0 aliphatic rings. The summed E-state index contributed by atoms with van der Waals surface area (Å²) in [6.45, 7) is 0.279. The molecule has 2 rings (SSSR count). The monoisotopic (exact) mass is 275 g/mol. The van der Waals surface area contributed by atoms with Crippen molar-refractivity contribution in [1.82, 2.24) is 0 Å². The van der Waals surface area contributed by atoms with Crippen molar-refractivity contribution < 1.29 is 19.0 Å². The molecule has 2 N–H and O–H groups in total. The molecule has 0 radical (unpaired) electrons. The Hall–Kier alpha value is -2.56. The van der Waals surface area contributed by atoms with Gasteiger partial charge in [0.1, 0.15) is 11.6 Å². The van der Waals surface area contributed by atoms with Gasteiger partial charge in [-0.25, -0.2) is 9.18 Å². The number of benzene rings is 2. The Morgan fingerprint density at radius 2 is 2.05 bits per heavy atom. The summed E-state index contributed by atoms with van der Waals surface area (Å²) in [6.07, 6.45) is 0. The molecule has 2 aromatic carbocycles. The van der Waals surface area contributed by atoms with Crippen LogP contribution in [0.4, 0.5) is 10.1 Å². The van der Waals surface area contributed by atoms with Crippen LogP contribution in [0, 0.1) is 5.82 Å². The van der Waals surface area contributed by atoms with Gasteiger partial charge in [0, 0.05) is 12.1 Å². The highest BCUT2D eigenvalue weighted by molar-refractivity contribution is 5.89. The Kier molecular flexibility index (Phi) is 4.20. The van der Waals surface area contributed by atoms with Gasteiger partial charge in [-0.15, -0.1) is 0 Å². The number of ether oxygens (including phenoxy) is 1. The zero-order valence-corrected chi connectivity index (χ0v) is 10.9. The van der Waals surface area contributed by atoms with Crippen LogP contribution in [0.1, 0.15) is 15.9 Å². The first-order chi connectivity index (χ1) is 9.61. The van der Waals surface area contributed by atoms with Crippen molar-refractivity contribution in [2.45, 2.75) is 6.54 Å². The number of phenolic OH excluding ortho intramolecular Hbond substituents is 1. The molecule has 0 aromatic heterocycles. The third-order valence-electron chi connectivity index (χ3n) is 2.85. The Bertz CT molecular complexity index is 628. The van der Waals surface area contributed by atoms with Crippen LogP contribution in [0.5, 0.6) is 5.75 Å². The van der Waals surface area contributed by atoms with E-state index < -0.39 is 11.8 Å². The minimum absolute atomic E-state index is 0.145. The molecule has 4 nitrogen and oxygen atoms in total. The fourth-order valence-corrected chi connectivity index (χ4v) is 1.75. The SMILES string of the molecule is COC(=O)c1ccc(NCc2ccccc2O)c(F)c1. The summed E-state index contributed by atoms with van der Waals surface area (Å²) in [5.74, 6) is -0.994. The number of hydrogen-bond acceptors (Lipinski definition) is 4. The smallest absolute Gasteiger partial charge is 0.337 e. The zero-order chi connectivity index (χ0) is 14.5. The second-order valence-electron chi connectivity index (χ2n) is 4.17. The van der Waals surface area contributed by atoms with E-state index in [0.717, 1.165) is 6.07 Å². The van der Waals surface area contributed by atoms with Crippen molar-refractivity contribution in [2.75, 3.05) is 12.4 Å². The molecule has 0 atom stereocenters. The van der Waals surface area contributed by atoms with Crippen LogP contribution in [-0.4, -0.2) is 18.2 Å². The Balaban J connectivity index is 2.11. The molecule has 0 saturated heterocycles. The summed E-state index contributed by atoms with van der Waals surface area (Å²) >= 11 is 0. The lowest BCUT2D eigenvalue weighted by Gasteiger charge is -2.09. The van der Waals surface area contributed by atoms with Crippen molar-refractivity contribution in [3.63, 3.8) is 0 Å². The average Bonchev–Trinajstić information content (AvgIpc) is 2.46. The predicted octanol–water partition coefficient (Wildman–Crippen LogP) is 2.93. The van der Waals surface area contributed by atoms with E-state index >= 15 is 0 Å². The lowest BCUT2D eigenvalue weighted by atomic mass is 10.1. The maximum Gasteiger partial charge on any atom is 0.337 e. The standard InChI is InChI=1S/C15H14FNO3/c1-20-15(19)10-6-7-13(12(16)8-10)17-9-11-4-2-3-5-14(11)18/h2-8,17-18H,9H2,1H3. The highest BCUT2D eigenvalue weighted by Gasteiger charge is 2.10. The minimum Gasteiger partial charge on any atom is -0.508 e. The summed E-state index contributed by atoms with van der Waals surface area (Å²) in [6, 6.07) is 10.8. The molecule has 0 aliphatic heterocycles. The number of anilines is 1. The number of methoxy groups -OCH3 is 1. The molecular weight excluding hydrogens is 261 g/mol. The van der Waals surface area contributed by atoms with Crippen LogP contribution >= 0.6 is 0 Å². The molecule has 0 heterocycles. The van der Waals surface area contributed by atoms with Crippen LogP contribution in [0.2, 0.25) is 0 Å².